The van der Waals surface area contributed by atoms with Crippen molar-refractivity contribution in [3.63, 3.8) is 0 Å². The van der Waals surface area contributed by atoms with E-state index in [1.54, 1.807) is 20.8 Å². The number of carbonyl (C=O) groups is 1. The average molecular weight is 729 g/mol. The summed E-state index contributed by atoms with van der Waals surface area (Å²) in [5, 5.41) is -1.07. The first kappa shape index (κ1) is 44.0. The smallest absolute Gasteiger partial charge is 0.343 e. The van der Waals surface area contributed by atoms with Crippen molar-refractivity contribution in [3.8, 4) is 11.5 Å². The number of hydrogen-bond donors (Lipinski definition) is 0. The van der Waals surface area contributed by atoms with Gasteiger partial charge in [-0.25, -0.2) is 0 Å². The Morgan fingerprint density at radius 3 is 1.94 bits per heavy atom. The lowest BCUT2D eigenvalue weighted by molar-refractivity contribution is -0.134. The third-order valence-corrected chi connectivity index (χ3v) is 16.6. The molecule has 284 valence electrons. The van der Waals surface area contributed by atoms with Crippen LogP contribution in [-0.4, -0.2) is 43.5 Å². The Bertz CT molecular complexity index is 1250. The standard InChI is InChI=1S/C39H70O8P2/c1-12-43-48(11,41)37(49(42,44-13-2)45-14-3)24-23-36(40)46-35-28-34-25-27-39(10,47-38(34)33(9)32(35)8)26-17-22-31(7)21-16-20-30(6)19-15-18-29(4)5/h28-31,37H,12-27H2,1-11H3. The molecule has 0 radical (unpaired) electrons. The van der Waals surface area contributed by atoms with Crippen LogP contribution in [0.5, 0.6) is 11.5 Å². The molecule has 1 aromatic rings. The molecule has 0 saturated carbocycles. The zero-order chi connectivity index (χ0) is 36.8. The summed E-state index contributed by atoms with van der Waals surface area (Å²) >= 11 is 0. The molecule has 1 aliphatic heterocycles. The topological polar surface area (TPSA) is 97.4 Å². The van der Waals surface area contributed by atoms with E-state index in [1.165, 1.54) is 51.6 Å². The fourth-order valence-corrected chi connectivity index (χ4v) is 12.5. The van der Waals surface area contributed by atoms with Gasteiger partial charge in [0.2, 0.25) is 7.37 Å². The van der Waals surface area contributed by atoms with Gasteiger partial charge in [0, 0.05) is 13.1 Å². The van der Waals surface area contributed by atoms with Crippen LogP contribution in [0, 0.1) is 31.6 Å². The molecular weight excluding hydrogens is 658 g/mol. The predicted molar refractivity (Wildman–Crippen MR) is 203 cm³/mol. The van der Waals surface area contributed by atoms with Crippen molar-refractivity contribution in [2.75, 3.05) is 26.5 Å². The highest BCUT2D eigenvalue weighted by molar-refractivity contribution is 7.74. The minimum absolute atomic E-state index is 0.00942. The number of benzene rings is 1. The molecule has 5 unspecified atom stereocenters. The maximum atomic E-state index is 13.7. The molecule has 49 heavy (non-hydrogen) atoms. The second-order valence-electron chi connectivity index (χ2n) is 15.2. The predicted octanol–water partition coefficient (Wildman–Crippen LogP) is 12.0. The van der Waals surface area contributed by atoms with Crippen LogP contribution in [0.2, 0.25) is 0 Å². The van der Waals surface area contributed by atoms with Crippen molar-refractivity contribution >= 4 is 20.9 Å². The molecule has 1 heterocycles. The minimum Gasteiger partial charge on any atom is -0.487 e. The molecule has 0 aliphatic carbocycles. The number of fused-ring (bicyclic) bond motifs is 1. The van der Waals surface area contributed by atoms with Gasteiger partial charge in [-0.1, -0.05) is 72.6 Å². The summed E-state index contributed by atoms with van der Waals surface area (Å²) in [6.07, 6.45) is 13.1. The molecule has 10 heteroatoms. The summed E-state index contributed by atoms with van der Waals surface area (Å²) in [5.74, 6) is 3.27. The van der Waals surface area contributed by atoms with Gasteiger partial charge >= 0.3 is 13.6 Å². The van der Waals surface area contributed by atoms with Crippen LogP contribution in [0.1, 0.15) is 149 Å². The van der Waals surface area contributed by atoms with Crippen molar-refractivity contribution < 1.29 is 37.0 Å². The SMILES string of the molecule is CCOP(C)(=O)C(CCC(=O)Oc1cc2c(c(C)c1C)OC(C)(CCCC(C)CCCC(C)CCCC(C)C)CC2)P(=O)(OCC)OCC. The first-order valence-electron chi connectivity index (χ1n) is 19.1. The first-order chi connectivity index (χ1) is 23.0. The van der Waals surface area contributed by atoms with Crippen molar-refractivity contribution in [2.45, 2.75) is 164 Å². The fraction of sp³-hybridized carbons (Fsp3) is 0.821. The quantitative estimate of drug-likeness (QED) is 0.0589. The van der Waals surface area contributed by atoms with Gasteiger partial charge in [0.05, 0.1) is 19.8 Å². The highest BCUT2D eigenvalue weighted by atomic mass is 31.2. The molecule has 8 nitrogen and oxygen atoms in total. The zero-order valence-corrected chi connectivity index (χ0v) is 34.6. The third kappa shape index (κ3) is 14.1. The lowest BCUT2D eigenvalue weighted by Crippen LogP contribution is -2.36. The van der Waals surface area contributed by atoms with E-state index in [0.717, 1.165) is 65.9 Å². The Balaban J connectivity index is 1.98. The van der Waals surface area contributed by atoms with Gasteiger partial charge in [0.15, 0.2) is 0 Å². The summed E-state index contributed by atoms with van der Waals surface area (Å²) < 4.78 is 56.3. The second kappa shape index (κ2) is 20.8. The molecule has 0 spiro atoms. The van der Waals surface area contributed by atoms with E-state index in [0.29, 0.717) is 5.75 Å². The highest BCUT2D eigenvalue weighted by Gasteiger charge is 2.46. The van der Waals surface area contributed by atoms with Crippen molar-refractivity contribution in [1.82, 2.24) is 0 Å². The van der Waals surface area contributed by atoms with Crippen LogP contribution in [0.3, 0.4) is 0 Å². The van der Waals surface area contributed by atoms with Gasteiger partial charge in [-0.15, -0.1) is 0 Å². The van der Waals surface area contributed by atoms with E-state index < -0.39 is 26.3 Å². The Labute approximate surface area is 299 Å². The van der Waals surface area contributed by atoms with Crippen LogP contribution >= 0.6 is 15.0 Å². The largest absolute Gasteiger partial charge is 0.487 e. The number of rotatable bonds is 24. The summed E-state index contributed by atoms with van der Waals surface area (Å²) in [5.41, 5.74) is 2.66. The molecule has 1 aliphatic rings. The minimum atomic E-state index is -3.81. The van der Waals surface area contributed by atoms with Gasteiger partial charge in [-0.2, -0.15) is 0 Å². The van der Waals surface area contributed by atoms with Gasteiger partial charge < -0.3 is 23.0 Å². The van der Waals surface area contributed by atoms with E-state index in [1.807, 2.05) is 19.9 Å². The number of aryl methyl sites for hydroxylation is 1. The number of carbonyl (C=O) groups excluding carboxylic acids is 1. The van der Waals surface area contributed by atoms with E-state index in [4.69, 9.17) is 23.0 Å². The van der Waals surface area contributed by atoms with Gasteiger partial charge in [-0.05, 0) is 114 Å². The normalized spacial score (nSPS) is 19.5. The van der Waals surface area contributed by atoms with Crippen molar-refractivity contribution in [2.24, 2.45) is 17.8 Å². The maximum Gasteiger partial charge on any atom is 0.343 e. The number of ether oxygens (including phenoxy) is 2. The molecule has 5 atom stereocenters. The van der Waals surface area contributed by atoms with E-state index in [-0.39, 0.29) is 38.3 Å². The van der Waals surface area contributed by atoms with Gasteiger partial charge in [-0.3, -0.25) is 13.9 Å². The molecule has 0 bridgehead atoms. The molecule has 1 aromatic carbocycles. The lowest BCUT2D eigenvalue weighted by atomic mass is 9.85. The van der Waals surface area contributed by atoms with Crippen molar-refractivity contribution in [1.29, 1.82) is 0 Å². The Morgan fingerprint density at radius 1 is 0.837 bits per heavy atom. The number of esters is 1. The molecule has 2 rings (SSSR count). The Kier molecular flexibility index (Phi) is 18.6. The summed E-state index contributed by atoms with van der Waals surface area (Å²) in [6.45, 7) is 22.6. The van der Waals surface area contributed by atoms with Crippen LogP contribution in [-0.2, 0) is 33.9 Å². The lowest BCUT2D eigenvalue weighted by Gasteiger charge is -2.37. The molecule has 0 amide bonds. The van der Waals surface area contributed by atoms with E-state index in [2.05, 4.69) is 34.6 Å². The summed E-state index contributed by atoms with van der Waals surface area (Å²) in [4.78, 5) is 13.2. The van der Waals surface area contributed by atoms with Crippen LogP contribution in [0.15, 0.2) is 6.07 Å². The molecule has 0 saturated heterocycles. The second-order valence-corrected chi connectivity index (χ2v) is 20.5. The highest BCUT2D eigenvalue weighted by Crippen LogP contribution is 2.69. The Morgan fingerprint density at radius 2 is 1.39 bits per heavy atom. The van der Waals surface area contributed by atoms with E-state index >= 15 is 0 Å². The Hall–Kier alpha value is -1.17. The van der Waals surface area contributed by atoms with Gasteiger partial charge in [0.25, 0.3) is 0 Å². The molecule has 0 fully saturated rings. The van der Waals surface area contributed by atoms with E-state index in [9.17, 15) is 13.9 Å². The fourth-order valence-electron chi connectivity index (χ4n) is 7.02. The average Bonchev–Trinajstić information content (AvgIpc) is 3.00. The molecule has 0 N–H and O–H groups in total. The molecule has 0 aromatic heterocycles. The summed E-state index contributed by atoms with van der Waals surface area (Å²) in [7, 11) is -7.24. The van der Waals surface area contributed by atoms with Crippen LogP contribution < -0.4 is 9.47 Å². The van der Waals surface area contributed by atoms with Crippen LogP contribution in [0.4, 0.5) is 0 Å². The van der Waals surface area contributed by atoms with Gasteiger partial charge in [0.1, 0.15) is 22.5 Å². The zero-order valence-electron chi connectivity index (χ0n) is 32.9. The number of hydrogen-bond acceptors (Lipinski definition) is 8. The monoisotopic (exact) mass is 728 g/mol. The van der Waals surface area contributed by atoms with Crippen molar-refractivity contribution in [3.05, 3.63) is 22.8 Å². The first-order valence-corrected chi connectivity index (χ1v) is 22.9. The van der Waals surface area contributed by atoms with Crippen LogP contribution in [0.25, 0.3) is 0 Å². The maximum absolute atomic E-state index is 13.7. The molecular formula is C39H70O8P2. The summed E-state index contributed by atoms with van der Waals surface area (Å²) in [6, 6.07) is 1.93. The third-order valence-electron chi connectivity index (χ3n) is 10.2.